The third-order valence-corrected chi connectivity index (χ3v) is 5.84. The molecule has 1 aromatic carbocycles. The number of rotatable bonds is 8. The van der Waals surface area contributed by atoms with Crippen molar-refractivity contribution < 1.29 is 14.4 Å². The first-order chi connectivity index (χ1) is 12.7. The molecular formula is C21H29N2O2S+. The van der Waals surface area contributed by atoms with Crippen molar-refractivity contribution in [3.05, 3.63) is 51.7 Å². The molecule has 4 nitrogen and oxygen atoms in total. The molecule has 26 heavy (non-hydrogen) atoms. The molecule has 0 bridgehead atoms. The smallest absolute Gasteiger partial charge is 0.279 e. The summed E-state index contributed by atoms with van der Waals surface area (Å²) >= 11 is 1.76. The van der Waals surface area contributed by atoms with Gasteiger partial charge in [0.25, 0.3) is 5.91 Å². The molecule has 2 N–H and O–H groups in total. The molecule has 2 atom stereocenters. The number of quaternary nitrogens is 1. The molecular weight excluding hydrogens is 344 g/mol. The SMILES string of the molecule is CCc1cccc(C)c1NC(=O)C[NH+](Cc1cccs1)C[C@@H]1CCCO1. The zero-order valence-corrected chi connectivity index (χ0v) is 16.5. The number of benzene rings is 1. The van der Waals surface area contributed by atoms with Crippen molar-refractivity contribution in [2.75, 3.05) is 25.0 Å². The first kappa shape index (κ1) is 19.1. The van der Waals surface area contributed by atoms with Crippen molar-refractivity contribution in [3.8, 4) is 0 Å². The molecule has 1 aliphatic rings. The number of carbonyl (C=O) groups is 1. The molecule has 0 aliphatic carbocycles. The number of carbonyl (C=O) groups excluding carboxylic acids is 1. The van der Waals surface area contributed by atoms with E-state index in [1.54, 1.807) is 11.3 Å². The van der Waals surface area contributed by atoms with Crippen LogP contribution < -0.4 is 10.2 Å². The van der Waals surface area contributed by atoms with Gasteiger partial charge in [-0.15, -0.1) is 11.3 Å². The lowest BCUT2D eigenvalue weighted by Gasteiger charge is -2.22. The largest absolute Gasteiger partial charge is 0.372 e. The summed E-state index contributed by atoms with van der Waals surface area (Å²) in [4.78, 5) is 15.4. The van der Waals surface area contributed by atoms with Crippen molar-refractivity contribution in [2.24, 2.45) is 0 Å². The molecule has 0 spiro atoms. The molecule has 0 saturated carbocycles. The lowest BCUT2D eigenvalue weighted by Crippen LogP contribution is -3.12. The Morgan fingerprint density at radius 2 is 2.23 bits per heavy atom. The Kier molecular flexibility index (Phi) is 6.83. The maximum Gasteiger partial charge on any atom is 0.279 e. The van der Waals surface area contributed by atoms with Crippen molar-refractivity contribution >= 4 is 22.9 Å². The quantitative estimate of drug-likeness (QED) is 0.747. The fourth-order valence-corrected chi connectivity index (χ4v) is 4.38. The van der Waals surface area contributed by atoms with Crippen LogP contribution in [0, 0.1) is 6.92 Å². The van der Waals surface area contributed by atoms with Gasteiger partial charge in [-0.05, 0) is 48.8 Å². The average molecular weight is 374 g/mol. The molecule has 140 valence electrons. The van der Waals surface area contributed by atoms with Gasteiger partial charge in [-0.1, -0.05) is 31.2 Å². The highest BCUT2D eigenvalue weighted by molar-refractivity contribution is 7.09. The Morgan fingerprint density at radius 3 is 2.92 bits per heavy atom. The molecule has 2 heterocycles. The van der Waals surface area contributed by atoms with E-state index in [-0.39, 0.29) is 12.0 Å². The zero-order chi connectivity index (χ0) is 18.4. The zero-order valence-electron chi connectivity index (χ0n) is 15.7. The van der Waals surface area contributed by atoms with E-state index >= 15 is 0 Å². The Bertz CT molecular complexity index is 709. The second-order valence-electron chi connectivity index (χ2n) is 7.03. The fourth-order valence-electron chi connectivity index (χ4n) is 3.61. The van der Waals surface area contributed by atoms with Crippen LogP contribution in [-0.4, -0.2) is 31.7 Å². The van der Waals surface area contributed by atoms with Crippen LogP contribution in [0.15, 0.2) is 35.7 Å². The lowest BCUT2D eigenvalue weighted by molar-refractivity contribution is -0.908. The molecule has 1 aliphatic heterocycles. The van der Waals surface area contributed by atoms with Crippen LogP contribution in [0.3, 0.4) is 0 Å². The Morgan fingerprint density at radius 1 is 1.35 bits per heavy atom. The van der Waals surface area contributed by atoms with Gasteiger partial charge in [-0.3, -0.25) is 4.79 Å². The molecule has 1 amide bonds. The van der Waals surface area contributed by atoms with E-state index in [4.69, 9.17) is 4.74 Å². The molecule has 1 aromatic heterocycles. The van der Waals surface area contributed by atoms with Gasteiger partial charge < -0.3 is 15.0 Å². The number of nitrogens with one attached hydrogen (secondary N) is 2. The first-order valence-electron chi connectivity index (χ1n) is 9.51. The molecule has 1 unspecified atom stereocenters. The summed E-state index contributed by atoms with van der Waals surface area (Å²) < 4.78 is 5.81. The summed E-state index contributed by atoms with van der Waals surface area (Å²) in [5.74, 6) is 0.0820. The number of aryl methyl sites for hydroxylation is 2. The highest BCUT2D eigenvalue weighted by Crippen LogP contribution is 2.20. The van der Waals surface area contributed by atoms with Crippen molar-refractivity contribution in [2.45, 2.75) is 45.8 Å². The second kappa shape index (κ2) is 9.31. The number of thiophene rings is 1. The number of hydrogen-bond acceptors (Lipinski definition) is 3. The first-order valence-corrected chi connectivity index (χ1v) is 10.4. The third-order valence-electron chi connectivity index (χ3n) is 4.96. The molecule has 0 radical (unpaired) electrons. The highest BCUT2D eigenvalue weighted by atomic mass is 32.1. The number of ether oxygens (including phenoxy) is 1. The summed E-state index contributed by atoms with van der Waals surface area (Å²) in [6, 6.07) is 10.4. The van der Waals surface area contributed by atoms with E-state index < -0.39 is 0 Å². The van der Waals surface area contributed by atoms with Gasteiger partial charge in [0.2, 0.25) is 0 Å². The molecule has 1 fully saturated rings. The van der Waals surface area contributed by atoms with Gasteiger partial charge >= 0.3 is 0 Å². The predicted octanol–water partition coefficient (Wildman–Crippen LogP) is 2.82. The van der Waals surface area contributed by atoms with E-state index in [0.717, 1.165) is 50.2 Å². The number of anilines is 1. The van der Waals surface area contributed by atoms with Crippen LogP contribution in [-0.2, 0) is 22.5 Å². The summed E-state index contributed by atoms with van der Waals surface area (Å²) in [5, 5.41) is 5.26. The normalized spacial score (nSPS) is 18.0. The highest BCUT2D eigenvalue weighted by Gasteiger charge is 2.24. The van der Waals surface area contributed by atoms with Gasteiger partial charge in [0.15, 0.2) is 6.54 Å². The van der Waals surface area contributed by atoms with Gasteiger partial charge in [0.05, 0.1) is 4.88 Å². The number of amides is 1. The van der Waals surface area contributed by atoms with Crippen LogP contribution in [0.25, 0.3) is 0 Å². The summed E-state index contributed by atoms with van der Waals surface area (Å²) in [5.41, 5.74) is 3.29. The van der Waals surface area contributed by atoms with Gasteiger partial charge in [0.1, 0.15) is 19.2 Å². The van der Waals surface area contributed by atoms with Gasteiger partial charge in [-0.2, -0.15) is 0 Å². The monoisotopic (exact) mass is 373 g/mol. The Hall–Kier alpha value is -1.69. The fraction of sp³-hybridized carbons (Fsp3) is 0.476. The van der Waals surface area contributed by atoms with Gasteiger partial charge in [0, 0.05) is 12.3 Å². The van der Waals surface area contributed by atoms with Crippen LogP contribution in [0.1, 0.15) is 35.8 Å². The van der Waals surface area contributed by atoms with Crippen LogP contribution >= 0.6 is 11.3 Å². The van der Waals surface area contributed by atoms with Crippen molar-refractivity contribution in [3.63, 3.8) is 0 Å². The van der Waals surface area contributed by atoms with E-state index in [9.17, 15) is 4.79 Å². The Labute approximate surface area is 160 Å². The van der Waals surface area contributed by atoms with E-state index in [1.165, 1.54) is 15.3 Å². The minimum absolute atomic E-state index is 0.0820. The van der Waals surface area contributed by atoms with Crippen LogP contribution in [0.4, 0.5) is 5.69 Å². The molecule has 5 heteroatoms. The maximum atomic E-state index is 12.8. The lowest BCUT2D eigenvalue weighted by atomic mass is 10.1. The molecule has 1 saturated heterocycles. The third kappa shape index (κ3) is 5.16. The van der Waals surface area contributed by atoms with Crippen LogP contribution in [0.2, 0.25) is 0 Å². The summed E-state index contributed by atoms with van der Waals surface area (Å²) in [7, 11) is 0. The second-order valence-corrected chi connectivity index (χ2v) is 8.07. The molecule has 2 aromatic rings. The van der Waals surface area contributed by atoms with Crippen molar-refractivity contribution in [1.29, 1.82) is 0 Å². The molecule has 3 rings (SSSR count). The topological polar surface area (TPSA) is 42.8 Å². The van der Waals surface area contributed by atoms with Crippen molar-refractivity contribution in [1.82, 2.24) is 0 Å². The van der Waals surface area contributed by atoms with E-state index in [2.05, 4.69) is 54.9 Å². The minimum Gasteiger partial charge on any atom is -0.372 e. The van der Waals surface area contributed by atoms with Crippen LogP contribution in [0.5, 0.6) is 0 Å². The predicted molar refractivity (Wildman–Crippen MR) is 107 cm³/mol. The average Bonchev–Trinajstić information content (AvgIpc) is 3.30. The van der Waals surface area contributed by atoms with E-state index in [0.29, 0.717) is 6.54 Å². The maximum absolute atomic E-state index is 12.8. The number of hydrogen-bond donors (Lipinski definition) is 2. The van der Waals surface area contributed by atoms with Gasteiger partial charge in [-0.25, -0.2) is 0 Å². The van der Waals surface area contributed by atoms with E-state index in [1.807, 2.05) is 0 Å². The standard InChI is InChI=1S/C21H28N2O2S/c1-3-17-8-4-7-16(2)21(17)22-20(24)15-23(13-18-9-5-11-25-18)14-19-10-6-12-26-19/h4,6-8,10,12,18H,3,5,9,11,13-15H2,1-2H3,(H,22,24)/p+1/t18-/m0/s1. The number of para-hydroxylation sites is 1. The Balaban J connectivity index is 1.66. The summed E-state index contributed by atoms with van der Waals surface area (Å²) in [6.45, 7) is 7.26. The minimum atomic E-state index is 0.0820. The summed E-state index contributed by atoms with van der Waals surface area (Å²) in [6.07, 6.45) is 3.43.